The van der Waals surface area contributed by atoms with Gasteiger partial charge in [-0.2, -0.15) is 0 Å². The summed E-state index contributed by atoms with van der Waals surface area (Å²) in [5.41, 5.74) is 0.945. The lowest BCUT2D eigenvalue weighted by Gasteiger charge is -2.29. The van der Waals surface area contributed by atoms with E-state index in [1.54, 1.807) is 18.3 Å². The summed E-state index contributed by atoms with van der Waals surface area (Å²) in [7, 11) is -3.13. The van der Waals surface area contributed by atoms with Crippen LogP contribution in [-0.4, -0.2) is 65.4 Å². The number of nitrogens with one attached hydrogen (secondary N) is 1. The quantitative estimate of drug-likeness (QED) is 0.580. The van der Waals surface area contributed by atoms with Gasteiger partial charge in [0.25, 0.3) is 11.5 Å². The highest BCUT2D eigenvalue weighted by atomic mass is 32.2. The molecule has 0 aromatic carbocycles. The Hall–Kier alpha value is -2.27. The van der Waals surface area contributed by atoms with Crippen LogP contribution in [-0.2, 0) is 43.4 Å². The van der Waals surface area contributed by atoms with Crippen LogP contribution in [0.1, 0.15) is 55.8 Å². The lowest BCUT2D eigenvalue weighted by atomic mass is 9.97. The summed E-state index contributed by atoms with van der Waals surface area (Å²) in [6.45, 7) is 3.61. The molecule has 180 valence electrons. The number of H-pyrrole nitrogens is 1. The number of aromatic amines is 1. The molecule has 0 saturated carbocycles. The Labute approximate surface area is 196 Å². The zero-order chi connectivity index (χ0) is 23.8. The third-order valence-electron chi connectivity index (χ3n) is 6.37. The number of rotatable bonds is 7. The van der Waals surface area contributed by atoms with E-state index < -0.39 is 27.8 Å². The van der Waals surface area contributed by atoms with Crippen LogP contribution in [0.25, 0.3) is 10.2 Å². The number of carbonyl (C=O) groups excluding carboxylic acids is 2. The second kappa shape index (κ2) is 9.54. The Morgan fingerprint density at radius 2 is 2.06 bits per heavy atom. The van der Waals surface area contributed by atoms with E-state index in [1.807, 2.05) is 0 Å². The van der Waals surface area contributed by atoms with Crippen molar-refractivity contribution >= 4 is 43.3 Å². The van der Waals surface area contributed by atoms with Gasteiger partial charge < -0.3 is 14.6 Å². The summed E-state index contributed by atoms with van der Waals surface area (Å²) in [4.78, 5) is 48.5. The van der Waals surface area contributed by atoms with Crippen LogP contribution in [0.3, 0.4) is 0 Å². The van der Waals surface area contributed by atoms with Gasteiger partial charge in [0.2, 0.25) is 0 Å². The summed E-state index contributed by atoms with van der Waals surface area (Å²) >= 11 is 1.55. The van der Waals surface area contributed by atoms with Crippen LogP contribution < -0.4 is 5.56 Å². The molecule has 1 amide bonds. The average molecular weight is 496 g/mol. The molecule has 1 saturated heterocycles. The molecule has 0 unspecified atom stereocenters. The maximum absolute atomic E-state index is 12.8. The molecule has 2 atom stereocenters. The summed E-state index contributed by atoms with van der Waals surface area (Å²) < 4.78 is 28.8. The largest absolute Gasteiger partial charge is 0.453 e. The molecule has 9 nitrogen and oxygen atoms in total. The minimum Gasteiger partial charge on any atom is -0.453 e. The van der Waals surface area contributed by atoms with Crippen molar-refractivity contribution in [2.24, 2.45) is 0 Å². The minimum atomic E-state index is -3.13. The van der Waals surface area contributed by atoms with Crippen molar-refractivity contribution < 1.29 is 22.7 Å². The molecule has 2 aromatic heterocycles. The van der Waals surface area contributed by atoms with Gasteiger partial charge in [-0.3, -0.25) is 14.4 Å². The Morgan fingerprint density at radius 1 is 1.30 bits per heavy atom. The number of likely N-dealkylation sites (N-methyl/N-ethyl adjacent to an activating group) is 1. The van der Waals surface area contributed by atoms with Crippen LogP contribution in [0.15, 0.2) is 4.79 Å². The Morgan fingerprint density at radius 3 is 2.76 bits per heavy atom. The molecular weight excluding hydrogens is 466 g/mol. The number of nitrogens with zero attached hydrogens (tertiary/aromatic N) is 2. The van der Waals surface area contributed by atoms with Gasteiger partial charge in [0.1, 0.15) is 10.7 Å². The zero-order valence-electron chi connectivity index (χ0n) is 18.9. The van der Waals surface area contributed by atoms with Crippen molar-refractivity contribution in [1.29, 1.82) is 0 Å². The highest BCUT2D eigenvalue weighted by Gasteiger charge is 2.36. The number of fused-ring (bicyclic) bond motifs is 3. The van der Waals surface area contributed by atoms with Crippen LogP contribution in [0.2, 0.25) is 0 Å². The van der Waals surface area contributed by atoms with E-state index in [0.29, 0.717) is 29.0 Å². The normalized spacial score (nSPS) is 20.4. The maximum Gasteiger partial charge on any atom is 0.307 e. The van der Waals surface area contributed by atoms with Crippen LogP contribution in [0.4, 0.5) is 0 Å². The van der Waals surface area contributed by atoms with E-state index in [1.165, 1.54) is 16.7 Å². The number of carbonyl (C=O) groups is 2. The fourth-order valence-corrected chi connectivity index (χ4v) is 7.71. The molecule has 0 radical (unpaired) electrons. The highest BCUT2D eigenvalue weighted by molar-refractivity contribution is 7.91. The lowest BCUT2D eigenvalue weighted by Crippen LogP contribution is -2.46. The first-order valence-electron chi connectivity index (χ1n) is 11.4. The van der Waals surface area contributed by atoms with Crippen LogP contribution in [0, 0.1) is 0 Å². The van der Waals surface area contributed by atoms with Crippen molar-refractivity contribution in [3.8, 4) is 0 Å². The van der Waals surface area contributed by atoms with E-state index in [2.05, 4.69) is 9.97 Å². The van der Waals surface area contributed by atoms with Crippen molar-refractivity contribution in [3.05, 3.63) is 26.6 Å². The third kappa shape index (κ3) is 5.13. The fourth-order valence-electron chi connectivity index (χ4n) is 4.70. The van der Waals surface area contributed by atoms with E-state index in [0.717, 1.165) is 31.2 Å². The fraction of sp³-hybridized carbons (Fsp3) is 0.636. The van der Waals surface area contributed by atoms with Gasteiger partial charge in [0, 0.05) is 23.9 Å². The SMILES string of the molecule is CCN(C(=O)[C@@H](C)OC(=O)CCc1nc2sc3c(c2c(=O)[nH]1)CCCC3)[C@H]1CCS(=O)(=O)C1. The number of amides is 1. The molecule has 1 N–H and O–H groups in total. The van der Waals surface area contributed by atoms with Crippen molar-refractivity contribution in [2.45, 2.75) is 70.9 Å². The molecule has 0 bridgehead atoms. The summed E-state index contributed by atoms with van der Waals surface area (Å²) in [5, 5.41) is 0.675. The molecule has 11 heteroatoms. The second-order valence-electron chi connectivity index (χ2n) is 8.72. The lowest BCUT2D eigenvalue weighted by molar-refractivity contribution is -0.160. The van der Waals surface area contributed by atoms with E-state index in [4.69, 9.17) is 4.74 Å². The predicted octanol–water partition coefficient (Wildman–Crippen LogP) is 1.76. The second-order valence-corrected chi connectivity index (χ2v) is 12.0. The standard InChI is InChI=1S/C22H29N3O6S2/c1-3-25(14-10-11-33(29,30)12-14)22(28)13(2)31-18(26)9-8-17-23-20(27)19-15-6-4-5-7-16(15)32-21(19)24-17/h13-14H,3-12H2,1-2H3,(H,23,24,27)/t13-,14+/m1/s1. The number of ether oxygens (including phenoxy) is 1. The molecular formula is C22H29N3O6S2. The number of aromatic nitrogens is 2. The Kier molecular flexibility index (Phi) is 6.90. The van der Waals surface area contributed by atoms with E-state index in [9.17, 15) is 22.8 Å². The van der Waals surface area contributed by atoms with Gasteiger partial charge in [-0.15, -0.1) is 11.3 Å². The number of aryl methyl sites for hydroxylation is 3. The molecule has 3 heterocycles. The monoisotopic (exact) mass is 495 g/mol. The Bertz CT molecular complexity index is 1230. The molecule has 2 aromatic rings. The summed E-state index contributed by atoms with van der Waals surface area (Å²) in [5.74, 6) is -0.531. The number of sulfone groups is 1. The molecule has 0 spiro atoms. The molecule has 1 aliphatic carbocycles. The number of hydrogen-bond acceptors (Lipinski definition) is 8. The Balaban J connectivity index is 1.36. The zero-order valence-corrected chi connectivity index (χ0v) is 20.5. The minimum absolute atomic E-state index is 0.0267. The average Bonchev–Trinajstić information content (AvgIpc) is 3.32. The first-order chi connectivity index (χ1) is 15.7. The maximum atomic E-state index is 12.8. The van der Waals surface area contributed by atoms with E-state index >= 15 is 0 Å². The first-order valence-corrected chi connectivity index (χ1v) is 14.1. The summed E-state index contributed by atoms with van der Waals surface area (Å²) in [6, 6.07) is -0.383. The molecule has 33 heavy (non-hydrogen) atoms. The van der Waals surface area contributed by atoms with Gasteiger partial charge in [0.15, 0.2) is 15.9 Å². The number of esters is 1. The smallest absolute Gasteiger partial charge is 0.307 e. The van der Waals surface area contributed by atoms with Crippen LogP contribution in [0.5, 0.6) is 0 Å². The van der Waals surface area contributed by atoms with E-state index in [-0.39, 0.29) is 35.9 Å². The van der Waals surface area contributed by atoms with Crippen molar-refractivity contribution in [3.63, 3.8) is 0 Å². The molecule has 1 aliphatic heterocycles. The molecule has 2 aliphatic rings. The molecule has 4 rings (SSSR count). The van der Waals surface area contributed by atoms with Gasteiger partial charge in [0.05, 0.1) is 23.3 Å². The predicted molar refractivity (Wildman–Crippen MR) is 125 cm³/mol. The number of hydrogen-bond donors (Lipinski definition) is 1. The van der Waals surface area contributed by atoms with Crippen molar-refractivity contribution in [1.82, 2.24) is 14.9 Å². The van der Waals surface area contributed by atoms with Crippen molar-refractivity contribution in [2.75, 3.05) is 18.1 Å². The van der Waals surface area contributed by atoms with Gasteiger partial charge in [-0.05, 0) is 51.5 Å². The van der Waals surface area contributed by atoms with Crippen LogP contribution >= 0.6 is 11.3 Å². The van der Waals surface area contributed by atoms with Gasteiger partial charge >= 0.3 is 5.97 Å². The number of thiophene rings is 1. The highest BCUT2D eigenvalue weighted by Crippen LogP contribution is 2.33. The van der Waals surface area contributed by atoms with Gasteiger partial charge in [-0.1, -0.05) is 0 Å². The summed E-state index contributed by atoms with van der Waals surface area (Å²) in [6.07, 6.45) is 3.64. The topological polar surface area (TPSA) is 126 Å². The first kappa shape index (κ1) is 23.9. The molecule has 1 fully saturated rings. The third-order valence-corrected chi connectivity index (χ3v) is 9.30. The van der Waals surface area contributed by atoms with Gasteiger partial charge in [-0.25, -0.2) is 13.4 Å².